The van der Waals surface area contributed by atoms with E-state index >= 15 is 0 Å². The quantitative estimate of drug-likeness (QED) is 0.327. The molecule has 0 saturated carbocycles. The number of hydrogen-bond donors (Lipinski definition) is 0. The predicted octanol–water partition coefficient (Wildman–Crippen LogP) is 6.01. The molecule has 0 aliphatic carbocycles. The summed E-state index contributed by atoms with van der Waals surface area (Å²) in [6, 6.07) is 7.60. The number of carbonyl (C=O) groups is 1. The van der Waals surface area contributed by atoms with Gasteiger partial charge in [0, 0.05) is 10.8 Å². The Morgan fingerprint density at radius 1 is 1.37 bits per heavy atom. The third kappa shape index (κ3) is 4.08. The Morgan fingerprint density at radius 2 is 2.07 bits per heavy atom. The van der Waals surface area contributed by atoms with Crippen LogP contribution in [0.2, 0.25) is 5.02 Å². The van der Waals surface area contributed by atoms with Gasteiger partial charge < -0.3 is 4.74 Å². The van der Waals surface area contributed by atoms with Gasteiger partial charge in [0.05, 0.1) is 32.2 Å². The number of esters is 1. The molecule has 0 N–H and O–H groups in total. The maximum Gasteiger partial charge on any atom is 0.358 e. The molecule has 0 radical (unpaired) electrons. The van der Waals surface area contributed by atoms with Gasteiger partial charge in [-0.05, 0) is 28.9 Å². The zero-order valence-corrected chi connectivity index (χ0v) is 19.1. The van der Waals surface area contributed by atoms with E-state index in [9.17, 15) is 4.79 Å². The zero-order chi connectivity index (χ0) is 19.7. The van der Waals surface area contributed by atoms with Crippen LogP contribution >= 0.6 is 50.6 Å². The highest BCUT2D eigenvalue weighted by Gasteiger charge is 2.26. The van der Waals surface area contributed by atoms with Gasteiger partial charge in [-0.15, -0.1) is 11.8 Å². The van der Waals surface area contributed by atoms with Crippen molar-refractivity contribution in [1.29, 1.82) is 0 Å². The summed E-state index contributed by atoms with van der Waals surface area (Å²) in [5.41, 5.74) is 2.64. The van der Waals surface area contributed by atoms with Crippen molar-refractivity contribution in [3.8, 4) is 16.4 Å². The molecular weight excluding hydrogens is 470 g/mol. The van der Waals surface area contributed by atoms with E-state index in [4.69, 9.17) is 21.3 Å². The number of ether oxygens (including phenoxy) is 1. The molecule has 0 bridgehead atoms. The van der Waals surface area contributed by atoms with E-state index in [1.54, 1.807) is 11.8 Å². The van der Waals surface area contributed by atoms with Gasteiger partial charge in [-0.25, -0.2) is 9.78 Å². The van der Waals surface area contributed by atoms with Crippen molar-refractivity contribution in [2.24, 2.45) is 0 Å². The number of hydrogen-bond acceptors (Lipinski definition) is 6. The molecule has 27 heavy (non-hydrogen) atoms. The lowest BCUT2D eigenvalue weighted by Crippen LogP contribution is -2.10. The molecular formula is C18H17BrClN3O2S2. The highest BCUT2D eigenvalue weighted by molar-refractivity contribution is 9.10. The molecule has 0 amide bonds. The molecule has 0 aliphatic heterocycles. The summed E-state index contributed by atoms with van der Waals surface area (Å²) < 4.78 is 8.07. The van der Waals surface area contributed by atoms with Crippen LogP contribution in [-0.4, -0.2) is 33.1 Å². The summed E-state index contributed by atoms with van der Waals surface area (Å²) in [4.78, 5) is 17.1. The molecule has 0 unspecified atom stereocenters. The lowest BCUT2D eigenvalue weighted by Gasteiger charge is -2.05. The van der Waals surface area contributed by atoms with Gasteiger partial charge in [-0.2, -0.15) is 9.78 Å². The number of methoxy groups -OCH3 is 1. The summed E-state index contributed by atoms with van der Waals surface area (Å²) >= 11 is 13.0. The van der Waals surface area contributed by atoms with E-state index in [1.165, 1.54) is 23.1 Å². The third-order valence-corrected chi connectivity index (χ3v) is 7.13. The number of aromatic nitrogens is 3. The van der Waals surface area contributed by atoms with Gasteiger partial charge in [0.1, 0.15) is 0 Å². The highest BCUT2D eigenvalue weighted by atomic mass is 79.9. The minimum Gasteiger partial charge on any atom is -0.464 e. The Bertz CT molecular complexity index is 1000. The maximum absolute atomic E-state index is 12.3. The van der Waals surface area contributed by atoms with Gasteiger partial charge in [0.25, 0.3) is 0 Å². The molecule has 2 heterocycles. The number of thiazole rings is 1. The van der Waals surface area contributed by atoms with Crippen LogP contribution in [0.3, 0.4) is 0 Å². The second-order valence-corrected chi connectivity index (χ2v) is 9.95. The maximum atomic E-state index is 12.3. The Hall–Kier alpha value is -1.35. The van der Waals surface area contributed by atoms with Gasteiger partial charge >= 0.3 is 5.97 Å². The molecule has 0 spiro atoms. The molecule has 0 saturated heterocycles. The van der Waals surface area contributed by atoms with Crippen molar-refractivity contribution in [3.63, 3.8) is 0 Å². The van der Waals surface area contributed by atoms with Crippen molar-refractivity contribution in [2.75, 3.05) is 7.11 Å². The number of rotatable bonds is 5. The lowest BCUT2D eigenvalue weighted by molar-refractivity contribution is 0.0589. The molecule has 1 aromatic carbocycles. The summed E-state index contributed by atoms with van der Waals surface area (Å²) in [7, 11) is 1.35. The van der Waals surface area contributed by atoms with Crippen LogP contribution in [0.15, 0.2) is 32.9 Å². The Labute approximate surface area is 179 Å². The van der Waals surface area contributed by atoms with Crippen LogP contribution in [0.25, 0.3) is 16.4 Å². The Kier molecular flexibility index (Phi) is 6.30. The average Bonchev–Trinajstić information content (AvgIpc) is 3.16. The summed E-state index contributed by atoms with van der Waals surface area (Å²) in [6.07, 6.45) is 0. The van der Waals surface area contributed by atoms with Gasteiger partial charge in [0.15, 0.2) is 5.69 Å². The van der Waals surface area contributed by atoms with Crippen LogP contribution in [0.5, 0.6) is 0 Å². The van der Waals surface area contributed by atoms with Gasteiger partial charge in [-0.1, -0.05) is 55.0 Å². The van der Waals surface area contributed by atoms with Crippen LogP contribution < -0.4 is 0 Å². The molecule has 3 rings (SSSR count). The smallest absolute Gasteiger partial charge is 0.358 e. The minimum absolute atomic E-state index is 0.315. The number of aryl methyl sites for hydroxylation is 1. The minimum atomic E-state index is -0.477. The van der Waals surface area contributed by atoms with E-state index in [0.717, 1.165) is 15.5 Å². The molecule has 142 valence electrons. The van der Waals surface area contributed by atoms with E-state index in [2.05, 4.69) is 34.9 Å². The molecule has 0 atom stereocenters. The Morgan fingerprint density at radius 3 is 2.70 bits per heavy atom. The third-order valence-electron chi connectivity index (χ3n) is 3.60. The number of carbonyl (C=O) groups excluding carboxylic acids is 1. The Balaban J connectivity index is 2.21. The first-order valence-electron chi connectivity index (χ1n) is 8.09. The first-order chi connectivity index (χ1) is 12.8. The largest absolute Gasteiger partial charge is 0.464 e. The molecule has 3 aromatic rings. The van der Waals surface area contributed by atoms with Crippen molar-refractivity contribution < 1.29 is 9.53 Å². The summed E-state index contributed by atoms with van der Waals surface area (Å²) in [6.45, 7) is 6.06. The fourth-order valence-electron chi connectivity index (χ4n) is 2.42. The van der Waals surface area contributed by atoms with Crippen LogP contribution in [0, 0.1) is 6.92 Å². The number of halogens is 2. The normalized spacial score (nSPS) is 11.2. The van der Waals surface area contributed by atoms with Crippen molar-refractivity contribution in [2.45, 2.75) is 30.2 Å². The number of nitrogens with zero attached hydrogens (tertiary/aromatic N) is 3. The fraction of sp³-hybridized carbons (Fsp3) is 0.278. The summed E-state index contributed by atoms with van der Waals surface area (Å²) in [5, 5.41) is 6.06. The summed E-state index contributed by atoms with van der Waals surface area (Å²) in [5.74, 6) is -0.477. The van der Waals surface area contributed by atoms with E-state index in [1.807, 2.05) is 31.2 Å². The second-order valence-electron chi connectivity index (χ2n) is 5.93. The zero-order valence-electron chi connectivity index (χ0n) is 15.1. The predicted molar refractivity (Wildman–Crippen MR) is 114 cm³/mol. The number of thioether (sulfide) groups is 1. The molecule has 5 nitrogen and oxygen atoms in total. The first kappa shape index (κ1) is 20.4. The SMILES string of the molecule is COC(=O)c1c(Br)c(C)nn1-c1nc(-c2ccccc2Cl)c(SC(C)C)s1. The first-order valence-corrected chi connectivity index (χ1v) is 11.0. The topological polar surface area (TPSA) is 57.0 Å². The van der Waals surface area contributed by atoms with E-state index in [-0.39, 0.29) is 0 Å². The van der Waals surface area contributed by atoms with E-state index < -0.39 is 5.97 Å². The highest BCUT2D eigenvalue weighted by Crippen LogP contribution is 2.42. The van der Waals surface area contributed by atoms with E-state index in [0.29, 0.717) is 31.3 Å². The van der Waals surface area contributed by atoms with Crippen molar-refractivity contribution in [1.82, 2.24) is 14.8 Å². The molecule has 2 aromatic heterocycles. The molecule has 0 aliphatic rings. The second kappa shape index (κ2) is 8.34. The fourth-order valence-corrected chi connectivity index (χ4v) is 5.52. The lowest BCUT2D eigenvalue weighted by atomic mass is 10.2. The number of benzene rings is 1. The monoisotopic (exact) mass is 485 g/mol. The van der Waals surface area contributed by atoms with Crippen molar-refractivity contribution in [3.05, 3.63) is 45.1 Å². The van der Waals surface area contributed by atoms with Crippen LogP contribution in [-0.2, 0) is 4.74 Å². The van der Waals surface area contributed by atoms with Crippen molar-refractivity contribution >= 4 is 56.6 Å². The van der Waals surface area contributed by atoms with Gasteiger partial charge in [0.2, 0.25) is 5.13 Å². The molecule has 0 fully saturated rings. The van der Waals surface area contributed by atoms with Gasteiger partial charge in [-0.3, -0.25) is 0 Å². The van der Waals surface area contributed by atoms with Crippen LogP contribution in [0.1, 0.15) is 30.0 Å². The van der Waals surface area contributed by atoms with Crippen LogP contribution in [0.4, 0.5) is 0 Å². The average molecular weight is 487 g/mol. The molecule has 9 heteroatoms. The standard InChI is InChI=1S/C18H17BrClN3O2S2/c1-9(2)26-17-14(11-7-5-6-8-12(11)20)21-18(27-17)23-15(16(24)25-4)13(19)10(3)22-23/h5-9H,1-4H3.